The maximum atomic E-state index is 12.4. The first-order valence-electron chi connectivity index (χ1n) is 9.52. The lowest BCUT2D eigenvalue weighted by Crippen LogP contribution is -2.14. The van der Waals surface area contributed by atoms with Crippen LogP contribution in [0.15, 0.2) is 34.7 Å². The molecule has 1 N–H and O–H groups in total. The smallest absolute Gasteiger partial charge is 0.311 e. The van der Waals surface area contributed by atoms with Crippen molar-refractivity contribution in [1.82, 2.24) is 9.97 Å². The van der Waals surface area contributed by atoms with Gasteiger partial charge in [-0.15, -0.1) is 11.3 Å². The summed E-state index contributed by atoms with van der Waals surface area (Å²) in [4.78, 5) is 32.9. The highest BCUT2D eigenvalue weighted by molar-refractivity contribution is 8.00. The largest absolute Gasteiger partial charge is 0.497 e. The summed E-state index contributed by atoms with van der Waals surface area (Å²) in [6.45, 7) is 4.15. The number of rotatable bonds is 9. The number of thioether (sulfide) groups is 1. The van der Waals surface area contributed by atoms with E-state index in [-0.39, 0.29) is 24.1 Å². The Morgan fingerprint density at radius 3 is 2.77 bits per heavy atom. The molecule has 0 atom stereocenters. The Hall–Kier alpha value is -2.65. The van der Waals surface area contributed by atoms with E-state index < -0.39 is 0 Å². The molecule has 1 amide bonds. The van der Waals surface area contributed by atoms with Gasteiger partial charge in [-0.2, -0.15) is 0 Å². The van der Waals surface area contributed by atoms with Gasteiger partial charge in [-0.1, -0.05) is 18.7 Å². The van der Waals surface area contributed by atoms with Crippen LogP contribution in [0.3, 0.4) is 0 Å². The van der Waals surface area contributed by atoms with Crippen LogP contribution in [0.1, 0.15) is 25.1 Å². The summed E-state index contributed by atoms with van der Waals surface area (Å²) in [5.41, 5.74) is 2.53. The molecule has 0 radical (unpaired) electrons. The van der Waals surface area contributed by atoms with Crippen molar-refractivity contribution in [3.8, 4) is 5.75 Å². The van der Waals surface area contributed by atoms with Crippen LogP contribution in [0.5, 0.6) is 5.75 Å². The molecule has 7 nitrogen and oxygen atoms in total. The third-order valence-electron chi connectivity index (χ3n) is 4.21. The van der Waals surface area contributed by atoms with Gasteiger partial charge >= 0.3 is 5.97 Å². The molecule has 0 saturated carbocycles. The average Bonchev–Trinajstić information content (AvgIpc) is 3.17. The zero-order chi connectivity index (χ0) is 21.5. The third-order valence-corrected chi connectivity index (χ3v) is 6.05. The fourth-order valence-corrected chi connectivity index (χ4v) is 4.40. The molecule has 3 rings (SSSR count). The predicted octanol–water partition coefficient (Wildman–Crippen LogP) is 4.10. The van der Waals surface area contributed by atoms with Gasteiger partial charge in [-0.05, 0) is 43.2 Å². The lowest BCUT2D eigenvalue weighted by atomic mass is 10.1. The van der Waals surface area contributed by atoms with Crippen LogP contribution in [-0.4, -0.2) is 41.3 Å². The maximum absolute atomic E-state index is 12.4. The second-order valence-corrected chi connectivity index (χ2v) is 8.15. The van der Waals surface area contributed by atoms with E-state index >= 15 is 0 Å². The van der Waals surface area contributed by atoms with E-state index in [4.69, 9.17) is 14.5 Å². The lowest BCUT2D eigenvalue weighted by molar-refractivity contribution is -0.142. The number of hydrogen-bond acceptors (Lipinski definition) is 8. The molecule has 0 aliphatic heterocycles. The zero-order valence-electron chi connectivity index (χ0n) is 17.1. The van der Waals surface area contributed by atoms with Gasteiger partial charge in [-0.25, -0.2) is 9.97 Å². The van der Waals surface area contributed by atoms with Gasteiger partial charge < -0.3 is 14.8 Å². The van der Waals surface area contributed by atoms with Gasteiger partial charge in [0.15, 0.2) is 5.13 Å². The first-order valence-corrected chi connectivity index (χ1v) is 11.4. The van der Waals surface area contributed by atoms with Crippen molar-refractivity contribution in [3.63, 3.8) is 0 Å². The fourth-order valence-electron chi connectivity index (χ4n) is 2.78. The number of anilines is 1. The molecular weight excluding hydrogens is 422 g/mol. The summed E-state index contributed by atoms with van der Waals surface area (Å²) >= 11 is 2.68. The number of hydrogen-bond donors (Lipinski definition) is 1. The van der Waals surface area contributed by atoms with E-state index in [1.54, 1.807) is 19.4 Å². The van der Waals surface area contributed by atoms with E-state index in [2.05, 4.69) is 23.3 Å². The monoisotopic (exact) mass is 445 g/mol. The van der Waals surface area contributed by atoms with Crippen LogP contribution in [0.4, 0.5) is 5.13 Å². The molecular formula is C21H23N3O4S2. The van der Waals surface area contributed by atoms with Gasteiger partial charge in [-0.3, -0.25) is 9.59 Å². The molecule has 0 fully saturated rings. The molecule has 9 heteroatoms. The summed E-state index contributed by atoms with van der Waals surface area (Å²) in [5, 5.41) is 6.84. The summed E-state index contributed by atoms with van der Waals surface area (Å²) in [6.07, 6.45) is 0.911. The number of methoxy groups -OCH3 is 1. The number of benzene rings is 1. The molecule has 158 valence electrons. The van der Waals surface area contributed by atoms with Crippen molar-refractivity contribution < 1.29 is 19.1 Å². The minimum absolute atomic E-state index is 0.0978. The summed E-state index contributed by atoms with van der Waals surface area (Å²) < 4.78 is 10.2. The Morgan fingerprint density at radius 1 is 1.20 bits per heavy atom. The number of nitrogens with one attached hydrogen (secondary N) is 1. The van der Waals surface area contributed by atoms with E-state index in [0.29, 0.717) is 17.4 Å². The average molecular weight is 446 g/mol. The SMILES string of the molecule is CCOC(=O)Cc1csc(NC(=O)CSc2nc3ccc(OC)cc3cc2CC)n1. The topological polar surface area (TPSA) is 90.4 Å². The highest BCUT2D eigenvalue weighted by Gasteiger charge is 2.13. The Morgan fingerprint density at radius 2 is 2.03 bits per heavy atom. The van der Waals surface area contributed by atoms with Crippen LogP contribution in [0.2, 0.25) is 0 Å². The summed E-state index contributed by atoms with van der Waals surface area (Å²) in [6, 6.07) is 7.84. The normalized spacial score (nSPS) is 10.8. The van der Waals surface area contributed by atoms with Crippen molar-refractivity contribution in [2.45, 2.75) is 31.7 Å². The molecule has 2 heterocycles. The zero-order valence-corrected chi connectivity index (χ0v) is 18.7. The van der Waals surface area contributed by atoms with Crippen molar-refractivity contribution in [3.05, 3.63) is 40.9 Å². The number of amides is 1. The minimum Gasteiger partial charge on any atom is -0.497 e. The molecule has 0 bridgehead atoms. The number of esters is 1. The van der Waals surface area contributed by atoms with Crippen LogP contribution < -0.4 is 10.1 Å². The number of carbonyl (C=O) groups is 2. The van der Waals surface area contributed by atoms with Crippen molar-refractivity contribution in [2.24, 2.45) is 0 Å². The quantitative estimate of drug-likeness (QED) is 0.392. The van der Waals surface area contributed by atoms with Gasteiger partial charge in [0.25, 0.3) is 0 Å². The van der Waals surface area contributed by atoms with Gasteiger partial charge in [0, 0.05) is 10.8 Å². The third kappa shape index (κ3) is 5.70. The molecule has 1 aromatic carbocycles. The summed E-state index contributed by atoms with van der Waals surface area (Å²) in [5.74, 6) is 0.505. The predicted molar refractivity (Wildman–Crippen MR) is 119 cm³/mol. The number of fused-ring (bicyclic) bond motifs is 1. The molecule has 2 aromatic heterocycles. The Bertz CT molecular complexity index is 1050. The Labute approximate surface area is 183 Å². The molecule has 0 spiro atoms. The second-order valence-electron chi connectivity index (χ2n) is 6.33. The van der Waals surface area contributed by atoms with E-state index in [1.165, 1.54) is 23.1 Å². The maximum Gasteiger partial charge on any atom is 0.311 e. The number of carbonyl (C=O) groups excluding carboxylic acids is 2. The summed E-state index contributed by atoms with van der Waals surface area (Å²) in [7, 11) is 1.64. The van der Waals surface area contributed by atoms with E-state index in [1.807, 2.05) is 18.2 Å². The van der Waals surface area contributed by atoms with Crippen LogP contribution in [0, 0.1) is 0 Å². The van der Waals surface area contributed by atoms with Crippen LogP contribution in [-0.2, 0) is 27.2 Å². The first kappa shape index (κ1) is 22.0. The number of ether oxygens (including phenoxy) is 2. The van der Waals surface area contributed by atoms with Gasteiger partial charge in [0.2, 0.25) is 5.91 Å². The number of thiazole rings is 1. The molecule has 0 saturated heterocycles. The number of aromatic nitrogens is 2. The van der Waals surface area contributed by atoms with E-state index in [0.717, 1.165) is 33.7 Å². The number of aryl methyl sites for hydroxylation is 1. The molecule has 3 aromatic rings. The number of nitrogens with zero attached hydrogens (tertiary/aromatic N) is 2. The minimum atomic E-state index is -0.330. The van der Waals surface area contributed by atoms with Crippen LogP contribution >= 0.6 is 23.1 Å². The molecule has 30 heavy (non-hydrogen) atoms. The van der Waals surface area contributed by atoms with Gasteiger partial charge in [0.05, 0.1) is 37.1 Å². The Balaban J connectivity index is 1.62. The highest BCUT2D eigenvalue weighted by atomic mass is 32.2. The van der Waals surface area contributed by atoms with Crippen molar-refractivity contribution in [1.29, 1.82) is 0 Å². The first-order chi connectivity index (χ1) is 14.5. The standard InChI is InChI=1S/C21H23N3O4S2/c1-4-13-8-14-9-16(27-3)6-7-17(14)23-20(13)29-12-18(25)24-21-22-15(11-30-21)10-19(26)28-5-2/h6-9,11H,4-5,10,12H2,1-3H3,(H,22,24,25). The Kier molecular flexibility index (Phi) is 7.64. The molecule has 0 unspecified atom stereocenters. The van der Waals surface area contributed by atoms with Crippen LogP contribution in [0.25, 0.3) is 10.9 Å². The highest BCUT2D eigenvalue weighted by Crippen LogP contribution is 2.28. The lowest BCUT2D eigenvalue weighted by Gasteiger charge is -2.10. The molecule has 0 aliphatic rings. The molecule has 0 aliphatic carbocycles. The van der Waals surface area contributed by atoms with Crippen molar-refractivity contribution in [2.75, 3.05) is 24.8 Å². The number of pyridine rings is 1. The van der Waals surface area contributed by atoms with Crippen molar-refractivity contribution >= 4 is 51.0 Å². The van der Waals surface area contributed by atoms with Gasteiger partial charge in [0.1, 0.15) is 10.8 Å². The van der Waals surface area contributed by atoms with E-state index in [9.17, 15) is 9.59 Å². The fraction of sp³-hybridized carbons (Fsp3) is 0.333. The second kappa shape index (κ2) is 10.4.